The Morgan fingerprint density at radius 3 is 2.27 bits per heavy atom. The molecule has 0 aromatic heterocycles. The van der Waals surface area contributed by atoms with Crippen LogP contribution in [0.5, 0.6) is 0 Å². The summed E-state index contributed by atoms with van der Waals surface area (Å²) in [6, 6.07) is 6.44. The molecule has 0 N–H and O–H groups in total. The zero-order chi connectivity index (χ0) is 11.8. The molecule has 1 aromatic rings. The smallest absolute Gasteiger partial charge is 0.211 e. The third kappa shape index (κ3) is 4.94. The molecule has 0 saturated heterocycles. The first-order valence-corrected chi connectivity index (χ1v) is 4.72. The highest BCUT2D eigenvalue weighted by atomic mass is 16.1. The Kier molecular flexibility index (Phi) is 6.00. The Morgan fingerprint density at radius 2 is 1.93 bits per heavy atom. The molecule has 0 spiro atoms. The van der Waals surface area contributed by atoms with Gasteiger partial charge in [0.25, 0.3) is 0 Å². The molecule has 0 aliphatic carbocycles. The molecule has 0 radical (unpaired) electrons. The van der Waals surface area contributed by atoms with Crippen LogP contribution in [0.25, 0.3) is 5.57 Å². The van der Waals surface area contributed by atoms with Crippen molar-refractivity contribution in [2.45, 2.75) is 20.8 Å². The minimum atomic E-state index is 1.14. The molecule has 2 heteroatoms. The van der Waals surface area contributed by atoms with Crippen molar-refractivity contribution in [1.82, 2.24) is 0 Å². The Hall–Kier alpha value is -1.66. The monoisotopic (exact) mass is 203 g/mol. The lowest BCUT2D eigenvalue weighted by Crippen LogP contribution is -1.85. The van der Waals surface area contributed by atoms with Crippen LogP contribution in [0.1, 0.15) is 23.6 Å². The third-order valence-corrected chi connectivity index (χ3v) is 1.94. The van der Waals surface area contributed by atoms with Crippen molar-refractivity contribution in [3.8, 4) is 0 Å². The number of isocyanates is 1. The van der Waals surface area contributed by atoms with Crippen molar-refractivity contribution < 1.29 is 4.79 Å². The molecule has 1 rings (SSSR count). The van der Waals surface area contributed by atoms with Crippen molar-refractivity contribution in [3.63, 3.8) is 0 Å². The molecule has 15 heavy (non-hydrogen) atoms. The maximum Gasteiger partial charge on any atom is 0.234 e. The molecule has 0 unspecified atom stereocenters. The summed E-state index contributed by atoms with van der Waals surface area (Å²) in [5.74, 6) is 0. The molecule has 2 nitrogen and oxygen atoms in total. The fraction of sp³-hybridized carbons (Fsp3) is 0.308. The van der Waals surface area contributed by atoms with E-state index in [1.807, 2.05) is 6.92 Å². The molecule has 0 saturated carbocycles. The second-order valence-electron chi connectivity index (χ2n) is 3.41. The number of benzene rings is 1. The predicted octanol–water partition coefficient (Wildman–Crippen LogP) is 3.29. The summed E-state index contributed by atoms with van der Waals surface area (Å²) in [6.45, 7) is 10.2. The number of rotatable bonds is 1. The van der Waals surface area contributed by atoms with E-state index in [1.165, 1.54) is 29.8 Å². The van der Waals surface area contributed by atoms with Gasteiger partial charge in [0, 0.05) is 7.05 Å². The molecule has 0 aliphatic rings. The van der Waals surface area contributed by atoms with E-state index in [2.05, 4.69) is 43.6 Å². The fourth-order valence-electron chi connectivity index (χ4n) is 1.20. The molecule has 0 amide bonds. The van der Waals surface area contributed by atoms with Crippen LogP contribution < -0.4 is 0 Å². The largest absolute Gasteiger partial charge is 0.234 e. The molecular weight excluding hydrogens is 186 g/mol. The van der Waals surface area contributed by atoms with Crippen molar-refractivity contribution in [2.75, 3.05) is 7.05 Å². The van der Waals surface area contributed by atoms with Crippen LogP contribution in [-0.4, -0.2) is 13.1 Å². The van der Waals surface area contributed by atoms with E-state index in [0.29, 0.717) is 0 Å². The predicted molar refractivity (Wildman–Crippen MR) is 64.7 cm³/mol. The van der Waals surface area contributed by atoms with E-state index in [1.54, 1.807) is 0 Å². The van der Waals surface area contributed by atoms with E-state index in [4.69, 9.17) is 4.79 Å². The highest BCUT2D eigenvalue weighted by Crippen LogP contribution is 2.17. The molecule has 1 aromatic carbocycles. The first-order valence-electron chi connectivity index (χ1n) is 4.72. The Labute approximate surface area is 91.4 Å². The van der Waals surface area contributed by atoms with Gasteiger partial charge in [-0.1, -0.05) is 35.9 Å². The number of allylic oxidation sites excluding steroid dienone is 1. The first-order chi connectivity index (χ1) is 7.02. The van der Waals surface area contributed by atoms with Gasteiger partial charge in [0.1, 0.15) is 0 Å². The summed E-state index contributed by atoms with van der Waals surface area (Å²) in [4.78, 5) is 11.8. The van der Waals surface area contributed by atoms with Crippen molar-refractivity contribution in [2.24, 2.45) is 4.99 Å². The standard InChI is InChI=1S/C11H14.C2H3NO/c1-8(2)11-7-9(3)5-6-10(11)4;1-3-2-4/h5-7H,1H2,2-4H3;1H3. The Morgan fingerprint density at radius 1 is 1.40 bits per heavy atom. The molecule has 0 bridgehead atoms. The van der Waals surface area contributed by atoms with Gasteiger partial charge in [-0.3, -0.25) is 0 Å². The fourth-order valence-corrected chi connectivity index (χ4v) is 1.20. The summed E-state index contributed by atoms with van der Waals surface area (Å²) in [7, 11) is 1.38. The van der Waals surface area contributed by atoms with Crippen LogP contribution in [0.3, 0.4) is 0 Å². The van der Waals surface area contributed by atoms with Gasteiger partial charge in [-0.25, -0.2) is 9.79 Å². The Bertz CT molecular complexity index is 388. The van der Waals surface area contributed by atoms with Crippen LogP contribution in [0.15, 0.2) is 29.8 Å². The van der Waals surface area contributed by atoms with Crippen molar-refractivity contribution in [3.05, 3.63) is 41.5 Å². The average molecular weight is 203 g/mol. The van der Waals surface area contributed by atoms with Gasteiger partial charge in [-0.05, 0) is 31.9 Å². The van der Waals surface area contributed by atoms with Gasteiger partial charge in [0.15, 0.2) is 0 Å². The van der Waals surface area contributed by atoms with Crippen molar-refractivity contribution >= 4 is 11.7 Å². The minimum absolute atomic E-state index is 1.14. The lowest BCUT2D eigenvalue weighted by molar-refractivity contribution is 0.564. The van der Waals surface area contributed by atoms with Crippen LogP contribution in [0.2, 0.25) is 0 Å². The molecule has 0 atom stereocenters. The second-order valence-corrected chi connectivity index (χ2v) is 3.41. The Balaban J connectivity index is 0.000000423. The summed E-state index contributed by atoms with van der Waals surface area (Å²) in [5.41, 5.74) is 5.04. The van der Waals surface area contributed by atoms with Gasteiger partial charge in [-0.2, -0.15) is 0 Å². The third-order valence-electron chi connectivity index (χ3n) is 1.94. The maximum absolute atomic E-state index is 8.88. The zero-order valence-electron chi connectivity index (χ0n) is 9.79. The van der Waals surface area contributed by atoms with Gasteiger partial charge in [-0.15, -0.1) is 0 Å². The first kappa shape index (κ1) is 13.3. The summed E-state index contributed by atoms with van der Waals surface area (Å²) >= 11 is 0. The topological polar surface area (TPSA) is 29.4 Å². The van der Waals surface area contributed by atoms with Crippen molar-refractivity contribution in [1.29, 1.82) is 0 Å². The molecule has 0 aliphatic heterocycles. The summed E-state index contributed by atoms with van der Waals surface area (Å²) in [6.07, 6.45) is 1.31. The van der Waals surface area contributed by atoms with Crippen LogP contribution in [0.4, 0.5) is 0 Å². The molecule has 0 heterocycles. The van der Waals surface area contributed by atoms with Crippen LogP contribution >= 0.6 is 0 Å². The summed E-state index contributed by atoms with van der Waals surface area (Å²) < 4.78 is 0. The highest BCUT2D eigenvalue weighted by Gasteiger charge is 1.97. The highest BCUT2D eigenvalue weighted by molar-refractivity contribution is 5.64. The van der Waals surface area contributed by atoms with E-state index in [0.717, 1.165) is 5.57 Å². The number of aliphatic imine (C=N–C) groups is 1. The number of hydrogen-bond donors (Lipinski definition) is 0. The van der Waals surface area contributed by atoms with Crippen LogP contribution in [0, 0.1) is 13.8 Å². The normalized spacial score (nSPS) is 8.27. The van der Waals surface area contributed by atoms with E-state index in [9.17, 15) is 0 Å². The van der Waals surface area contributed by atoms with Gasteiger partial charge < -0.3 is 0 Å². The maximum atomic E-state index is 8.88. The number of carbonyl (C=O) groups excluding carboxylic acids is 1. The summed E-state index contributed by atoms with van der Waals surface area (Å²) in [5, 5.41) is 0. The average Bonchev–Trinajstić information content (AvgIpc) is 2.22. The lowest BCUT2D eigenvalue weighted by atomic mass is 10.0. The molecular formula is C13H17NO. The SMILES string of the molecule is C=C(C)c1cc(C)ccc1C.CN=C=O. The van der Waals surface area contributed by atoms with Crippen LogP contribution in [-0.2, 0) is 4.79 Å². The van der Waals surface area contributed by atoms with E-state index < -0.39 is 0 Å². The van der Waals surface area contributed by atoms with Gasteiger partial charge in [0.05, 0.1) is 0 Å². The minimum Gasteiger partial charge on any atom is -0.211 e. The van der Waals surface area contributed by atoms with Gasteiger partial charge in [0.2, 0.25) is 6.08 Å². The lowest BCUT2D eigenvalue weighted by Gasteiger charge is -2.05. The zero-order valence-corrected chi connectivity index (χ0v) is 9.79. The second kappa shape index (κ2) is 6.74. The quantitative estimate of drug-likeness (QED) is 0.508. The number of aryl methyl sites for hydroxylation is 2. The van der Waals surface area contributed by atoms with E-state index in [-0.39, 0.29) is 0 Å². The molecule has 0 fully saturated rings. The molecule has 80 valence electrons. The van der Waals surface area contributed by atoms with E-state index >= 15 is 0 Å². The number of hydrogen-bond acceptors (Lipinski definition) is 2. The number of nitrogens with zero attached hydrogens (tertiary/aromatic N) is 1. The van der Waals surface area contributed by atoms with Gasteiger partial charge >= 0.3 is 0 Å².